The zero-order valence-corrected chi connectivity index (χ0v) is 23.0. The molecule has 11 nitrogen and oxygen atoms in total. The predicted octanol–water partition coefficient (Wildman–Crippen LogP) is 3.79. The Morgan fingerprint density at radius 2 is 1.73 bits per heavy atom. The number of rotatable bonds is 5. The molecule has 2 unspecified atom stereocenters. The average Bonchev–Trinajstić information content (AvgIpc) is 3.63. The van der Waals surface area contributed by atoms with Gasteiger partial charge in [-0.2, -0.15) is 14.6 Å². The number of aromatic nitrogens is 7. The Bertz CT molecular complexity index is 1820. The standard InChI is InChI=1S/C28H29N9O2S/c1-16-32-28(35-34-16)36-20-9-10-21(36)13-19(12-20)24-25(40(2,38)39)26(29)37-27(33-24)22(15-31-37)18-8-11-23(30-14-18)17-6-4-3-5-7-17/h3-8,11,14-15,19-21H,9-10,12-13,29H2,1-2H3,(H,32,34,35). The van der Waals surface area contributed by atoms with E-state index in [0.717, 1.165) is 53.9 Å². The SMILES string of the molecule is Cc1nc(N2C3CCC2CC(c2nc4c(-c5ccc(-c6ccccc6)nc5)cnn4c(N)c2S(C)(=O)=O)C3)n[nH]1. The fourth-order valence-electron chi connectivity index (χ4n) is 6.38. The summed E-state index contributed by atoms with van der Waals surface area (Å²) in [6.45, 7) is 1.89. The van der Waals surface area contributed by atoms with E-state index in [1.54, 1.807) is 12.4 Å². The first-order chi connectivity index (χ1) is 19.3. The van der Waals surface area contributed by atoms with Crippen LogP contribution >= 0.6 is 0 Å². The van der Waals surface area contributed by atoms with Crippen molar-refractivity contribution in [2.45, 2.75) is 55.5 Å². The monoisotopic (exact) mass is 555 g/mol. The zero-order valence-electron chi connectivity index (χ0n) is 22.2. The van der Waals surface area contributed by atoms with Crippen molar-refractivity contribution in [3.05, 3.63) is 66.4 Å². The molecular formula is C28H29N9O2S. The van der Waals surface area contributed by atoms with Crippen LogP contribution in [0.2, 0.25) is 0 Å². The van der Waals surface area contributed by atoms with Gasteiger partial charge in [0.1, 0.15) is 16.5 Å². The Hall–Kier alpha value is -4.32. The number of aryl methyl sites for hydroxylation is 1. The van der Waals surface area contributed by atoms with Crippen molar-refractivity contribution in [2.75, 3.05) is 16.9 Å². The maximum atomic E-state index is 13.1. The summed E-state index contributed by atoms with van der Waals surface area (Å²) in [5.74, 6) is 1.49. The molecule has 0 radical (unpaired) electrons. The van der Waals surface area contributed by atoms with Crippen LogP contribution in [0.1, 0.15) is 43.1 Å². The lowest BCUT2D eigenvalue weighted by Gasteiger charge is -2.38. The van der Waals surface area contributed by atoms with Crippen LogP contribution in [0.15, 0.2) is 59.8 Å². The molecular weight excluding hydrogens is 526 g/mol. The number of piperidine rings is 1. The minimum absolute atomic E-state index is 0.0683. The lowest BCUT2D eigenvalue weighted by Crippen LogP contribution is -2.43. The molecule has 7 rings (SSSR count). The van der Waals surface area contributed by atoms with Crippen LogP contribution in [0.4, 0.5) is 11.8 Å². The van der Waals surface area contributed by atoms with Crippen molar-refractivity contribution in [2.24, 2.45) is 0 Å². The second kappa shape index (κ2) is 9.12. The van der Waals surface area contributed by atoms with E-state index in [1.165, 1.54) is 10.8 Å². The minimum Gasteiger partial charge on any atom is -0.382 e. The van der Waals surface area contributed by atoms with Crippen molar-refractivity contribution < 1.29 is 8.42 Å². The summed E-state index contributed by atoms with van der Waals surface area (Å²) in [6.07, 6.45) is 8.13. The van der Waals surface area contributed by atoms with Gasteiger partial charge in [0, 0.05) is 47.1 Å². The highest BCUT2D eigenvalue weighted by molar-refractivity contribution is 7.91. The summed E-state index contributed by atoms with van der Waals surface area (Å²) in [5, 5.41) is 11.8. The van der Waals surface area contributed by atoms with E-state index >= 15 is 0 Å². The van der Waals surface area contributed by atoms with Crippen LogP contribution in [0.25, 0.3) is 28.0 Å². The minimum atomic E-state index is -3.68. The van der Waals surface area contributed by atoms with Gasteiger partial charge in [0.25, 0.3) is 0 Å². The summed E-state index contributed by atoms with van der Waals surface area (Å²) >= 11 is 0. The third-order valence-electron chi connectivity index (χ3n) is 8.11. The molecule has 0 saturated carbocycles. The highest BCUT2D eigenvalue weighted by Gasteiger charge is 2.44. The largest absolute Gasteiger partial charge is 0.382 e. The second-order valence-electron chi connectivity index (χ2n) is 10.8. The van der Waals surface area contributed by atoms with Crippen molar-refractivity contribution in [3.63, 3.8) is 0 Å². The van der Waals surface area contributed by atoms with Crippen LogP contribution in [-0.4, -0.2) is 61.5 Å². The lowest BCUT2D eigenvalue weighted by atomic mass is 9.88. The molecule has 2 aliphatic rings. The fourth-order valence-corrected chi connectivity index (χ4v) is 7.44. The smallest absolute Gasteiger partial charge is 0.245 e. The van der Waals surface area contributed by atoms with Gasteiger partial charge in [0.15, 0.2) is 15.5 Å². The van der Waals surface area contributed by atoms with Crippen LogP contribution in [-0.2, 0) is 9.84 Å². The van der Waals surface area contributed by atoms with Crippen molar-refractivity contribution in [3.8, 4) is 22.4 Å². The van der Waals surface area contributed by atoms with Gasteiger partial charge in [0.2, 0.25) is 5.95 Å². The number of sulfone groups is 1. The number of aromatic amines is 1. The van der Waals surface area contributed by atoms with Gasteiger partial charge in [-0.15, -0.1) is 5.10 Å². The first kappa shape index (κ1) is 24.7. The molecule has 1 aromatic carbocycles. The second-order valence-corrected chi connectivity index (χ2v) is 12.7. The average molecular weight is 556 g/mol. The van der Waals surface area contributed by atoms with E-state index in [-0.39, 0.29) is 28.7 Å². The number of hydrogen-bond donors (Lipinski definition) is 2. The van der Waals surface area contributed by atoms with E-state index in [0.29, 0.717) is 17.3 Å². The molecule has 2 bridgehead atoms. The molecule has 2 atom stereocenters. The Morgan fingerprint density at radius 3 is 2.35 bits per heavy atom. The maximum Gasteiger partial charge on any atom is 0.245 e. The van der Waals surface area contributed by atoms with Gasteiger partial charge < -0.3 is 10.6 Å². The van der Waals surface area contributed by atoms with Crippen LogP contribution < -0.4 is 10.6 Å². The summed E-state index contributed by atoms with van der Waals surface area (Å²) in [7, 11) is -3.68. The first-order valence-electron chi connectivity index (χ1n) is 13.3. The lowest BCUT2D eigenvalue weighted by molar-refractivity contribution is 0.400. The van der Waals surface area contributed by atoms with E-state index in [9.17, 15) is 8.42 Å². The summed E-state index contributed by atoms with van der Waals surface area (Å²) in [6, 6.07) is 14.3. The number of nitrogens with one attached hydrogen (secondary N) is 1. The number of fused-ring (bicyclic) bond motifs is 3. The number of anilines is 2. The first-order valence-corrected chi connectivity index (χ1v) is 15.2. The summed E-state index contributed by atoms with van der Waals surface area (Å²) in [5.41, 5.74) is 11.0. The fraction of sp³-hybridized carbons (Fsp3) is 0.321. The van der Waals surface area contributed by atoms with E-state index < -0.39 is 9.84 Å². The third-order valence-corrected chi connectivity index (χ3v) is 9.27. The predicted molar refractivity (Wildman–Crippen MR) is 152 cm³/mol. The third kappa shape index (κ3) is 4.01. The molecule has 2 aliphatic heterocycles. The Morgan fingerprint density at radius 1 is 0.975 bits per heavy atom. The van der Waals surface area contributed by atoms with Gasteiger partial charge in [0.05, 0.1) is 17.6 Å². The molecule has 0 amide bonds. The van der Waals surface area contributed by atoms with Crippen molar-refractivity contribution in [1.29, 1.82) is 0 Å². The van der Waals surface area contributed by atoms with Crippen molar-refractivity contribution in [1.82, 2.24) is 34.8 Å². The maximum absolute atomic E-state index is 13.1. The van der Waals surface area contributed by atoms with Gasteiger partial charge in [-0.1, -0.05) is 36.4 Å². The zero-order chi connectivity index (χ0) is 27.6. The number of pyridine rings is 1. The number of nitrogens with two attached hydrogens (primary N) is 1. The highest BCUT2D eigenvalue weighted by Crippen LogP contribution is 2.46. The molecule has 12 heteroatoms. The summed E-state index contributed by atoms with van der Waals surface area (Å²) in [4.78, 5) is 16.6. The Labute approximate surface area is 231 Å². The number of nitrogens with zero attached hydrogens (tertiary/aromatic N) is 7. The number of H-pyrrole nitrogens is 1. The van der Waals surface area contributed by atoms with Crippen LogP contribution in [0.5, 0.6) is 0 Å². The van der Waals surface area contributed by atoms with E-state index in [1.807, 2.05) is 49.4 Å². The van der Waals surface area contributed by atoms with Gasteiger partial charge >= 0.3 is 0 Å². The Kier molecular flexibility index (Phi) is 5.63. The van der Waals surface area contributed by atoms with Gasteiger partial charge in [-0.25, -0.2) is 13.4 Å². The molecule has 0 spiro atoms. The van der Waals surface area contributed by atoms with Crippen molar-refractivity contribution >= 4 is 27.3 Å². The molecule has 4 aromatic heterocycles. The number of benzene rings is 1. The molecule has 2 saturated heterocycles. The molecule has 204 valence electrons. The molecule has 0 aliphatic carbocycles. The molecule has 40 heavy (non-hydrogen) atoms. The molecule has 2 fully saturated rings. The quantitative estimate of drug-likeness (QED) is 0.330. The molecule has 6 heterocycles. The van der Waals surface area contributed by atoms with Gasteiger partial charge in [-0.05, 0) is 38.7 Å². The number of hydrogen-bond acceptors (Lipinski definition) is 9. The normalized spacial score (nSPS) is 20.9. The Balaban J connectivity index is 1.30. The van der Waals surface area contributed by atoms with Crippen LogP contribution in [0.3, 0.4) is 0 Å². The molecule has 5 aromatic rings. The van der Waals surface area contributed by atoms with E-state index in [2.05, 4.69) is 30.2 Å². The van der Waals surface area contributed by atoms with Gasteiger partial charge in [-0.3, -0.25) is 10.1 Å². The topological polar surface area (TPSA) is 148 Å². The van der Waals surface area contributed by atoms with E-state index in [4.69, 9.17) is 10.7 Å². The van der Waals surface area contributed by atoms with Crippen LogP contribution in [0, 0.1) is 6.92 Å². The molecule has 3 N–H and O–H groups in total. The highest BCUT2D eigenvalue weighted by atomic mass is 32.2. The number of nitrogen functional groups attached to an aromatic ring is 1. The summed E-state index contributed by atoms with van der Waals surface area (Å²) < 4.78 is 27.6.